The fourth-order valence-corrected chi connectivity index (χ4v) is 1.80. The first-order valence-corrected chi connectivity index (χ1v) is 6.28. The Morgan fingerprint density at radius 2 is 2.00 bits per heavy atom. The Bertz CT molecular complexity index is 472. The van der Waals surface area contributed by atoms with Crippen LogP contribution in [0.2, 0.25) is 0 Å². The number of likely N-dealkylation sites (N-methyl/N-ethyl adjacent to an activating group) is 1. The Hall–Kier alpha value is -1.88. The average molecular weight is 264 g/mol. The summed E-state index contributed by atoms with van der Waals surface area (Å²) in [5, 5.41) is 11.4. The van der Waals surface area contributed by atoms with Crippen molar-refractivity contribution >= 4 is 17.5 Å². The van der Waals surface area contributed by atoms with Crippen molar-refractivity contribution in [3.8, 4) is 0 Å². The van der Waals surface area contributed by atoms with Crippen molar-refractivity contribution in [2.45, 2.75) is 20.8 Å². The van der Waals surface area contributed by atoms with Gasteiger partial charge in [0, 0.05) is 18.8 Å². The summed E-state index contributed by atoms with van der Waals surface area (Å²) in [6.07, 6.45) is 0. The van der Waals surface area contributed by atoms with Gasteiger partial charge in [-0.3, -0.25) is 9.59 Å². The first-order valence-electron chi connectivity index (χ1n) is 6.28. The third-order valence-electron chi connectivity index (χ3n) is 2.86. The second-order valence-corrected chi connectivity index (χ2v) is 4.38. The van der Waals surface area contributed by atoms with Gasteiger partial charge in [-0.15, -0.1) is 0 Å². The molecule has 0 saturated carbocycles. The first-order chi connectivity index (χ1) is 8.99. The van der Waals surface area contributed by atoms with Crippen molar-refractivity contribution in [2.75, 3.05) is 25.0 Å². The Morgan fingerprint density at radius 3 is 2.53 bits per heavy atom. The van der Waals surface area contributed by atoms with Crippen LogP contribution < -0.4 is 5.32 Å². The molecule has 0 saturated heterocycles. The molecule has 0 bridgehead atoms. The van der Waals surface area contributed by atoms with Crippen LogP contribution in [0.3, 0.4) is 0 Å². The smallest absolute Gasteiger partial charge is 0.313 e. The molecular weight excluding hydrogens is 244 g/mol. The molecule has 1 aromatic carbocycles. The molecule has 2 amide bonds. The highest BCUT2D eigenvalue weighted by atomic mass is 16.3. The lowest BCUT2D eigenvalue weighted by Gasteiger charge is -2.19. The van der Waals surface area contributed by atoms with Crippen LogP contribution in [0.5, 0.6) is 0 Å². The minimum absolute atomic E-state index is 0.156. The fraction of sp³-hybridized carbons (Fsp3) is 0.429. The van der Waals surface area contributed by atoms with Crippen molar-refractivity contribution < 1.29 is 14.7 Å². The summed E-state index contributed by atoms with van der Waals surface area (Å²) in [5.74, 6) is -1.31. The molecule has 1 aromatic rings. The van der Waals surface area contributed by atoms with Gasteiger partial charge < -0.3 is 15.3 Å². The van der Waals surface area contributed by atoms with E-state index in [0.29, 0.717) is 12.2 Å². The maximum atomic E-state index is 11.8. The van der Waals surface area contributed by atoms with Gasteiger partial charge in [0.25, 0.3) is 0 Å². The third kappa shape index (κ3) is 4.06. The number of rotatable bonds is 4. The molecule has 0 unspecified atom stereocenters. The summed E-state index contributed by atoms with van der Waals surface area (Å²) in [7, 11) is 0. The maximum absolute atomic E-state index is 11.8. The van der Waals surface area contributed by atoms with Crippen molar-refractivity contribution in [1.29, 1.82) is 0 Å². The minimum Gasteiger partial charge on any atom is -0.395 e. The van der Waals surface area contributed by atoms with Crippen LogP contribution in [0.25, 0.3) is 0 Å². The largest absolute Gasteiger partial charge is 0.395 e. The van der Waals surface area contributed by atoms with Gasteiger partial charge in [0.05, 0.1) is 6.61 Å². The summed E-state index contributed by atoms with van der Waals surface area (Å²) < 4.78 is 0. The Balaban J connectivity index is 2.76. The summed E-state index contributed by atoms with van der Waals surface area (Å²) in [5.41, 5.74) is 2.63. The van der Waals surface area contributed by atoms with Crippen LogP contribution in [-0.4, -0.2) is 41.5 Å². The minimum atomic E-state index is -0.678. The number of anilines is 1. The van der Waals surface area contributed by atoms with E-state index in [-0.39, 0.29) is 13.2 Å². The lowest BCUT2D eigenvalue weighted by molar-refractivity contribution is -0.143. The normalized spacial score (nSPS) is 10.1. The zero-order valence-corrected chi connectivity index (χ0v) is 11.6. The predicted octanol–water partition coefficient (Wildman–Crippen LogP) is 1.08. The Labute approximate surface area is 113 Å². The quantitative estimate of drug-likeness (QED) is 0.800. The van der Waals surface area contributed by atoms with E-state index in [4.69, 9.17) is 5.11 Å². The van der Waals surface area contributed by atoms with Crippen LogP contribution in [0.15, 0.2) is 18.2 Å². The number of hydrogen-bond acceptors (Lipinski definition) is 3. The number of nitrogens with zero attached hydrogens (tertiary/aromatic N) is 1. The van der Waals surface area contributed by atoms with E-state index in [9.17, 15) is 9.59 Å². The van der Waals surface area contributed by atoms with E-state index < -0.39 is 11.8 Å². The number of amides is 2. The second kappa shape index (κ2) is 6.89. The number of aryl methyl sites for hydroxylation is 2. The highest BCUT2D eigenvalue weighted by Gasteiger charge is 2.20. The molecule has 5 heteroatoms. The maximum Gasteiger partial charge on any atom is 0.313 e. The lowest BCUT2D eigenvalue weighted by Crippen LogP contribution is -2.41. The van der Waals surface area contributed by atoms with E-state index in [1.807, 2.05) is 26.0 Å². The van der Waals surface area contributed by atoms with E-state index in [1.54, 1.807) is 13.0 Å². The third-order valence-corrected chi connectivity index (χ3v) is 2.86. The zero-order valence-electron chi connectivity index (χ0n) is 11.6. The molecule has 5 nitrogen and oxygen atoms in total. The van der Waals surface area contributed by atoms with E-state index in [1.165, 1.54) is 4.90 Å². The second-order valence-electron chi connectivity index (χ2n) is 4.38. The monoisotopic (exact) mass is 264 g/mol. The topological polar surface area (TPSA) is 69.6 Å². The van der Waals surface area contributed by atoms with E-state index in [0.717, 1.165) is 11.1 Å². The van der Waals surface area contributed by atoms with Gasteiger partial charge in [-0.05, 0) is 32.4 Å². The number of carbonyl (C=O) groups excluding carboxylic acids is 2. The lowest BCUT2D eigenvalue weighted by atomic mass is 10.1. The molecule has 104 valence electrons. The average Bonchev–Trinajstić information content (AvgIpc) is 2.38. The van der Waals surface area contributed by atoms with Gasteiger partial charge in [-0.1, -0.05) is 17.7 Å². The number of aliphatic hydroxyl groups excluding tert-OH is 1. The standard InChI is InChI=1S/C14H20N2O3/c1-4-16(7-8-17)14(19)13(18)15-12-6-5-10(2)9-11(12)3/h5-6,9,17H,4,7-8H2,1-3H3,(H,15,18). The Morgan fingerprint density at radius 1 is 1.32 bits per heavy atom. The molecule has 0 aliphatic carbocycles. The number of hydrogen-bond donors (Lipinski definition) is 2. The number of benzene rings is 1. The Kier molecular flexibility index (Phi) is 5.51. The van der Waals surface area contributed by atoms with Gasteiger partial charge in [0.15, 0.2) is 0 Å². The molecule has 0 fully saturated rings. The molecular formula is C14H20N2O3. The summed E-state index contributed by atoms with van der Waals surface area (Å²) in [6.45, 7) is 5.99. The molecule has 1 rings (SSSR count). The highest BCUT2D eigenvalue weighted by Crippen LogP contribution is 2.16. The number of carbonyl (C=O) groups is 2. The number of aliphatic hydroxyl groups is 1. The SMILES string of the molecule is CCN(CCO)C(=O)C(=O)Nc1ccc(C)cc1C. The van der Waals surface area contributed by atoms with Crippen LogP contribution in [0.4, 0.5) is 5.69 Å². The van der Waals surface area contributed by atoms with Crippen molar-refractivity contribution in [3.05, 3.63) is 29.3 Å². The molecule has 0 heterocycles. The van der Waals surface area contributed by atoms with E-state index >= 15 is 0 Å². The number of nitrogens with one attached hydrogen (secondary N) is 1. The van der Waals surface area contributed by atoms with Crippen molar-refractivity contribution in [2.24, 2.45) is 0 Å². The molecule has 0 aliphatic rings. The highest BCUT2D eigenvalue weighted by molar-refractivity contribution is 6.39. The van der Waals surface area contributed by atoms with Crippen molar-refractivity contribution in [1.82, 2.24) is 4.90 Å². The molecule has 0 radical (unpaired) electrons. The molecule has 0 aromatic heterocycles. The summed E-state index contributed by atoms with van der Waals surface area (Å²) in [6, 6.07) is 5.59. The molecule has 0 atom stereocenters. The first kappa shape index (κ1) is 15.2. The molecule has 0 aliphatic heterocycles. The van der Waals surface area contributed by atoms with Gasteiger partial charge in [0.1, 0.15) is 0 Å². The van der Waals surface area contributed by atoms with Crippen LogP contribution in [0, 0.1) is 13.8 Å². The van der Waals surface area contributed by atoms with Crippen molar-refractivity contribution in [3.63, 3.8) is 0 Å². The van der Waals surface area contributed by atoms with Gasteiger partial charge in [0.2, 0.25) is 0 Å². The predicted molar refractivity (Wildman–Crippen MR) is 73.9 cm³/mol. The summed E-state index contributed by atoms with van der Waals surface area (Å²) in [4.78, 5) is 25.0. The summed E-state index contributed by atoms with van der Waals surface area (Å²) >= 11 is 0. The van der Waals surface area contributed by atoms with Gasteiger partial charge in [-0.2, -0.15) is 0 Å². The zero-order chi connectivity index (χ0) is 14.4. The van der Waals surface area contributed by atoms with E-state index in [2.05, 4.69) is 5.32 Å². The molecule has 19 heavy (non-hydrogen) atoms. The van der Waals surface area contributed by atoms with Gasteiger partial charge in [-0.25, -0.2) is 0 Å². The molecule has 0 spiro atoms. The fourth-order valence-electron chi connectivity index (χ4n) is 1.80. The van der Waals surface area contributed by atoms with Crippen LogP contribution in [-0.2, 0) is 9.59 Å². The van der Waals surface area contributed by atoms with Crippen LogP contribution >= 0.6 is 0 Å². The van der Waals surface area contributed by atoms with Gasteiger partial charge >= 0.3 is 11.8 Å². The van der Waals surface area contributed by atoms with Crippen LogP contribution in [0.1, 0.15) is 18.1 Å². The molecule has 2 N–H and O–H groups in total.